The van der Waals surface area contributed by atoms with Gasteiger partial charge < -0.3 is 74.1 Å². The topological polar surface area (TPSA) is 395 Å². The Morgan fingerprint density at radius 2 is 1.42 bits per heavy atom. The minimum atomic E-state index is -5.93. The molecule has 1 fully saturated rings. The van der Waals surface area contributed by atoms with Gasteiger partial charge in [0.1, 0.15) is 36.3 Å². The summed E-state index contributed by atoms with van der Waals surface area (Å²) in [5, 5.41) is 36.5. The molecule has 29 heteroatoms. The number of aliphatic hydroxyl groups excluding tert-OH is 3. The van der Waals surface area contributed by atoms with Crippen molar-refractivity contribution >= 4 is 69.1 Å². The van der Waals surface area contributed by atoms with Gasteiger partial charge in [-0.2, -0.15) is 0 Å². The Labute approximate surface area is 425 Å². The zero-order chi connectivity index (χ0) is 53.4. The molecule has 2 aromatic heterocycles. The quantitative estimate of drug-likeness (QED) is 0.0414. The SMILES string of the molecule is CCCCCCCCCCCCCCCCCCC[C@@H](O)CC(=O)SCCNC(=O)CCNC(=O)[C@H](O)C(C)(C)COP(=O)([O-])OP(=O)([O-])OC[C@H]1O[C@@H](n2cnc3c(N)ncnc32)[C@H](O)[C@@H]1OP(=O)([O-])[O-]. The third kappa shape index (κ3) is 24.5. The second kappa shape index (κ2) is 32.2. The van der Waals surface area contributed by atoms with Crippen LogP contribution in [0.4, 0.5) is 5.82 Å². The zero-order valence-corrected chi connectivity index (χ0v) is 44.9. The Morgan fingerprint density at radius 3 is 2.00 bits per heavy atom. The molecule has 7 N–H and O–H groups in total. The summed E-state index contributed by atoms with van der Waals surface area (Å²) in [4.78, 5) is 97.1. The highest BCUT2D eigenvalue weighted by atomic mass is 32.2. The fraction of sp³-hybridized carbons (Fsp3) is 0.814. The Balaban J connectivity index is 1.26. The molecule has 1 aliphatic heterocycles. The minimum Gasteiger partial charge on any atom is -0.790 e. The number of nitrogens with one attached hydrogen (secondary N) is 2. The van der Waals surface area contributed by atoms with E-state index in [0.717, 1.165) is 48.2 Å². The number of imidazole rings is 1. The first-order valence-corrected chi connectivity index (χ1v) is 30.0. The zero-order valence-electron chi connectivity index (χ0n) is 41.4. The van der Waals surface area contributed by atoms with Crippen molar-refractivity contribution in [3.8, 4) is 0 Å². The number of hydrogen-bond donors (Lipinski definition) is 6. The monoisotopic (exact) mass is 1100 g/mol. The van der Waals surface area contributed by atoms with Crippen molar-refractivity contribution in [2.24, 2.45) is 5.41 Å². The van der Waals surface area contributed by atoms with Gasteiger partial charge in [-0.05, 0) is 6.42 Å². The van der Waals surface area contributed by atoms with Crippen LogP contribution in [0, 0.1) is 5.41 Å². The first-order chi connectivity index (χ1) is 33.9. The van der Waals surface area contributed by atoms with Gasteiger partial charge in [0.25, 0.3) is 15.6 Å². The summed E-state index contributed by atoms with van der Waals surface area (Å²) in [6, 6.07) is 0. The number of phosphoric ester groups is 3. The lowest BCUT2D eigenvalue weighted by atomic mass is 9.87. The molecule has 8 atom stereocenters. The number of unbranched alkanes of at least 4 members (excludes halogenated alkanes) is 16. The van der Waals surface area contributed by atoms with Crippen molar-refractivity contribution in [2.45, 2.75) is 186 Å². The number of nitrogen functional groups attached to an aromatic ring is 1. The van der Waals surface area contributed by atoms with Crippen LogP contribution in [0.25, 0.3) is 11.2 Å². The lowest BCUT2D eigenvalue weighted by Crippen LogP contribution is -2.46. The van der Waals surface area contributed by atoms with Crippen molar-refractivity contribution in [2.75, 3.05) is 37.8 Å². The lowest BCUT2D eigenvalue weighted by Gasteiger charge is -2.36. The number of anilines is 1. The number of phosphoric acid groups is 3. The van der Waals surface area contributed by atoms with Crippen LogP contribution in [-0.4, -0.2) is 114 Å². The number of carbonyl (C=O) groups excluding carboxylic acids is 3. The van der Waals surface area contributed by atoms with Gasteiger partial charge in [-0.15, -0.1) is 0 Å². The average molecular weight is 1100 g/mol. The van der Waals surface area contributed by atoms with Gasteiger partial charge in [-0.1, -0.05) is 142 Å². The van der Waals surface area contributed by atoms with E-state index in [1.807, 2.05) is 0 Å². The van der Waals surface area contributed by atoms with E-state index in [1.54, 1.807) is 0 Å². The molecule has 72 heavy (non-hydrogen) atoms. The molecule has 25 nitrogen and oxygen atoms in total. The van der Waals surface area contributed by atoms with E-state index in [1.165, 1.54) is 104 Å². The van der Waals surface area contributed by atoms with E-state index in [2.05, 4.69) is 50.4 Å². The fourth-order valence-electron chi connectivity index (χ4n) is 7.73. The van der Waals surface area contributed by atoms with Crippen LogP contribution in [-0.2, 0) is 50.7 Å². The molecular formula is C43H74N7O18P3S-4. The first-order valence-electron chi connectivity index (χ1n) is 24.6. The van der Waals surface area contributed by atoms with Crippen LogP contribution in [0.15, 0.2) is 12.7 Å². The van der Waals surface area contributed by atoms with Crippen molar-refractivity contribution in [3.05, 3.63) is 12.7 Å². The van der Waals surface area contributed by atoms with E-state index in [0.29, 0.717) is 6.42 Å². The summed E-state index contributed by atoms with van der Waals surface area (Å²) >= 11 is 0.992. The average Bonchev–Trinajstić information content (AvgIpc) is 3.86. The van der Waals surface area contributed by atoms with Crippen LogP contribution in [0.5, 0.6) is 0 Å². The molecule has 0 aromatic carbocycles. The van der Waals surface area contributed by atoms with Crippen molar-refractivity contribution in [1.29, 1.82) is 0 Å². The Kier molecular flexibility index (Phi) is 28.5. The molecule has 0 bridgehead atoms. The highest BCUT2D eigenvalue weighted by Gasteiger charge is 2.47. The third-order valence-corrected chi connectivity index (χ3v) is 15.7. The molecule has 0 spiro atoms. The minimum absolute atomic E-state index is 0.0177. The molecule has 3 heterocycles. The summed E-state index contributed by atoms with van der Waals surface area (Å²) in [5.41, 5.74) is 4.07. The van der Waals surface area contributed by atoms with Crippen molar-refractivity contribution in [3.63, 3.8) is 0 Å². The second-order valence-corrected chi connectivity index (χ2v) is 23.7. The number of ether oxygens (including phenoxy) is 1. The Morgan fingerprint density at radius 1 is 0.847 bits per heavy atom. The maximum atomic E-state index is 12.7. The lowest BCUT2D eigenvalue weighted by molar-refractivity contribution is -0.347. The number of fused-ring (bicyclic) bond motifs is 1. The molecule has 2 amide bonds. The number of rotatable bonds is 39. The van der Waals surface area contributed by atoms with Crippen LogP contribution in [0.3, 0.4) is 0 Å². The number of nitrogens with two attached hydrogens (primary N) is 1. The van der Waals surface area contributed by atoms with Crippen LogP contribution in [0.1, 0.15) is 155 Å². The van der Waals surface area contributed by atoms with Crippen LogP contribution >= 0.6 is 35.2 Å². The Bertz CT molecular complexity index is 2100. The summed E-state index contributed by atoms with van der Waals surface area (Å²) in [6.45, 7) is 2.26. The van der Waals surface area contributed by atoms with Crippen LogP contribution < -0.4 is 35.9 Å². The molecule has 0 radical (unpaired) electrons. The second-order valence-electron chi connectivity index (χ2n) is 18.5. The number of nitrogens with zero attached hydrogens (tertiary/aromatic N) is 4. The van der Waals surface area contributed by atoms with E-state index in [4.69, 9.17) is 10.5 Å². The van der Waals surface area contributed by atoms with Crippen molar-refractivity contribution in [1.82, 2.24) is 30.2 Å². The first kappa shape index (κ1) is 63.8. The van der Waals surface area contributed by atoms with E-state index in [9.17, 15) is 63.0 Å². The molecule has 414 valence electrons. The smallest absolute Gasteiger partial charge is 0.274 e. The van der Waals surface area contributed by atoms with Gasteiger partial charge in [-0.25, -0.2) is 19.3 Å². The fourth-order valence-corrected chi connectivity index (χ4v) is 11.2. The number of aliphatic hydroxyl groups is 3. The van der Waals surface area contributed by atoms with Gasteiger partial charge in [-0.3, -0.25) is 28.1 Å². The van der Waals surface area contributed by atoms with Crippen LogP contribution in [0.2, 0.25) is 0 Å². The number of amides is 2. The molecule has 2 aromatic rings. The maximum Gasteiger partial charge on any atom is 0.274 e. The van der Waals surface area contributed by atoms with E-state index < -0.39 is 90.7 Å². The highest BCUT2D eigenvalue weighted by Crippen LogP contribution is 2.56. The number of thioether (sulfide) groups is 1. The number of aromatic nitrogens is 4. The predicted molar refractivity (Wildman–Crippen MR) is 258 cm³/mol. The maximum absolute atomic E-state index is 12.7. The van der Waals surface area contributed by atoms with Gasteiger partial charge in [0.2, 0.25) is 11.8 Å². The summed E-state index contributed by atoms with van der Waals surface area (Å²) in [5.74, 6) is -1.32. The summed E-state index contributed by atoms with van der Waals surface area (Å²) in [7, 11) is -17.6. The molecule has 3 rings (SSSR count). The number of hydrogen-bond acceptors (Lipinski definition) is 23. The highest BCUT2D eigenvalue weighted by molar-refractivity contribution is 8.13. The van der Waals surface area contributed by atoms with Crippen molar-refractivity contribution < 1.29 is 85.6 Å². The number of carbonyl (C=O) groups is 3. The normalized spacial score (nSPS) is 20.0. The largest absolute Gasteiger partial charge is 0.790 e. The molecule has 2 unspecified atom stereocenters. The van der Waals surface area contributed by atoms with Gasteiger partial charge in [0.05, 0.1) is 33.5 Å². The summed E-state index contributed by atoms with van der Waals surface area (Å²) < 4.78 is 60.9. The van der Waals surface area contributed by atoms with E-state index >= 15 is 0 Å². The molecule has 1 saturated heterocycles. The standard InChI is InChI=1S/C43H78N7O18P3S/c1-4-5-6-7-8-9-10-11-12-13-14-15-16-17-18-19-20-21-31(51)26-34(53)72-25-24-45-33(52)22-23-46-41(56)38(55)43(2,3)28-65-71(62,63)68-70(60,61)64-27-32-37(67-69(57,58)59)36(54)42(66-32)50-30-49-35-39(44)47-29-48-40(35)50/h29-32,36-38,42,51,54-55H,4-28H2,1-3H3,(H,45,52)(H,46,56)(H,60,61)(H,62,63)(H2,44,47,48)(H2,57,58,59)/p-4/t31-,32-,36-,37-,38+,42-/m1/s1. The predicted octanol–water partition coefficient (Wildman–Crippen LogP) is 2.93. The molecule has 1 aliphatic rings. The van der Waals surface area contributed by atoms with Gasteiger partial charge in [0, 0.05) is 37.1 Å². The molecule has 0 aliphatic carbocycles. The third-order valence-electron chi connectivity index (χ3n) is 11.8. The molecular weight excluding hydrogens is 1030 g/mol. The molecule has 0 saturated carbocycles. The van der Waals surface area contributed by atoms with Gasteiger partial charge >= 0.3 is 0 Å². The van der Waals surface area contributed by atoms with Gasteiger partial charge in [0.15, 0.2) is 22.8 Å². The summed E-state index contributed by atoms with van der Waals surface area (Å²) in [6.07, 6.45) is 13.7. The Hall–Kier alpha value is -2.48. The van der Waals surface area contributed by atoms with E-state index in [-0.39, 0.29) is 53.8 Å².